The van der Waals surface area contributed by atoms with Crippen molar-refractivity contribution < 1.29 is 9.32 Å². The van der Waals surface area contributed by atoms with E-state index in [9.17, 15) is 4.79 Å². The van der Waals surface area contributed by atoms with Crippen molar-refractivity contribution in [3.63, 3.8) is 0 Å². The fourth-order valence-corrected chi connectivity index (χ4v) is 2.18. The lowest BCUT2D eigenvalue weighted by Gasteiger charge is -2.09. The van der Waals surface area contributed by atoms with Crippen molar-refractivity contribution in [3.05, 3.63) is 65.8 Å². The van der Waals surface area contributed by atoms with Crippen molar-refractivity contribution in [1.29, 1.82) is 0 Å². The molecule has 3 aromatic rings. The van der Waals surface area contributed by atoms with Gasteiger partial charge in [-0.05, 0) is 31.5 Å². The molecule has 0 radical (unpaired) electrons. The Morgan fingerprint density at radius 3 is 2.78 bits per heavy atom. The number of nitrogens with zero attached hydrogens (tertiary/aromatic N) is 3. The lowest BCUT2D eigenvalue weighted by Crippen LogP contribution is -2.26. The molecule has 116 valence electrons. The molecule has 3 rings (SSSR count). The van der Waals surface area contributed by atoms with E-state index in [4.69, 9.17) is 4.52 Å². The Bertz CT molecular complexity index is 814. The Kier molecular flexibility index (Phi) is 4.14. The summed E-state index contributed by atoms with van der Waals surface area (Å²) in [6, 6.07) is 10.8. The maximum Gasteiger partial charge on any atom is 0.253 e. The summed E-state index contributed by atoms with van der Waals surface area (Å²) in [6.45, 7) is 3.78. The van der Waals surface area contributed by atoms with E-state index in [2.05, 4.69) is 20.4 Å². The standard InChI is InChI=1S/C17H16N4O2/c1-11-6-3-4-8-14(11)15-20-17(23-21-15)12(2)19-16(22)13-7-5-9-18-10-13/h3-10,12H,1-2H3,(H,19,22)/t12-/m1/s1. The molecule has 0 fully saturated rings. The number of aromatic nitrogens is 3. The third-order valence-corrected chi connectivity index (χ3v) is 3.47. The molecule has 0 saturated heterocycles. The maximum absolute atomic E-state index is 12.1. The zero-order valence-corrected chi connectivity index (χ0v) is 12.9. The first-order valence-electron chi connectivity index (χ1n) is 7.25. The monoisotopic (exact) mass is 308 g/mol. The fraction of sp³-hybridized carbons (Fsp3) is 0.176. The van der Waals surface area contributed by atoms with Gasteiger partial charge in [0, 0.05) is 18.0 Å². The molecule has 0 saturated carbocycles. The van der Waals surface area contributed by atoms with Crippen molar-refractivity contribution >= 4 is 5.91 Å². The van der Waals surface area contributed by atoms with Gasteiger partial charge in [0.2, 0.25) is 11.7 Å². The highest BCUT2D eigenvalue weighted by atomic mass is 16.5. The largest absolute Gasteiger partial charge is 0.340 e. The second-order valence-corrected chi connectivity index (χ2v) is 5.21. The van der Waals surface area contributed by atoms with E-state index in [1.165, 1.54) is 6.20 Å². The highest BCUT2D eigenvalue weighted by Crippen LogP contribution is 2.21. The average Bonchev–Trinajstić information content (AvgIpc) is 3.06. The van der Waals surface area contributed by atoms with Gasteiger partial charge in [-0.25, -0.2) is 0 Å². The van der Waals surface area contributed by atoms with Gasteiger partial charge in [-0.3, -0.25) is 9.78 Å². The number of nitrogens with one attached hydrogen (secondary N) is 1. The molecule has 0 spiro atoms. The number of pyridine rings is 1. The molecular weight excluding hydrogens is 292 g/mol. The molecule has 1 N–H and O–H groups in total. The lowest BCUT2D eigenvalue weighted by molar-refractivity contribution is 0.0932. The van der Waals surface area contributed by atoms with E-state index in [0.717, 1.165) is 11.1 Å². The van der Waals surface area contributed by atoms with Crippen LogP contribution in [0.15, 0.2) is 53.3 Å². The number of benzene rings is 1. The molecular formula is C17H16N4O2. The quantitative estimate of drug-likeness (QED) is 0.801. The summed E-state index contributed by atoms with van der Waals surface area (Å²) in [4.78, 5) is 20.4. The number of amides is 1. The van der Waals surface area contributed by atoms with Gasteiger partial charge < -0.3 is 9.84 Å². The summed E-state index contributed by atoms with van der Waals surface area (Å²) >= 11 is 0. The predicted molar refractivity (Wildman–Crippen MR) is 84.6 cm³/mol. The van der Waals surface area contributed by atoms with Crippen molar-refractivity contribution in [2.24, 2.45) is 0 Å². The van der Waals surface area contributed by atoms with E-state index in [-0.39, 0.29) is 5.91 Å². The van der Waals surface area contributed by atoms with Gasteiger partial charge in [0.1, 0.15) is 6.04 Å². The first-order valence-corrected chi connectivity index (χ1v) is 7.25. The number of carbonyl (C=O) groups excluding carboxylic acids is 1. The van der Waals surface area contributed by atoms with Gasteiger partial charge in [-0.2, -0.15) is 4.98 Å². The summed E-state index contributed by atoms with van der Waals surface area (Å²) in [5.41, 5.74) is 2.46. The molecule has 6 nitrogen and oxygen atoms in total. The Morgan fingerprint density at radius 1 is 1.22 bits per heavy atom. The summed E-state index contributed by atoms with van der Waals surface area (Å²) in [5, 5.41) is 6.82. The SMILES string of the molecule is Cc1ccccc1-c1noc([C@@H](C)NC(=O)c2cccnc2)n1. The first kappa shape index (κ1) is 14.9. The highest BCUT2D eigenvalue weighted by Gasteiger charge is 2.18. The van der Waals surface area contributed by atoms with E-state index in [1.54, 1.807) is 25.3 Å². The van der Waals surface area contributed by atoms with Crippen molar-refractivity contribution in [2.45, 2.75) is 19.9 Å². The predicted octanol–water partition coefficient (Wildman–Crippen LogP) is 2.93. The molecule has 0 bridgehead atoms. The molecule has 1 atom stereocenters. The zero-order chi connectivity index (χ0) is 16.2. The summed E-state index contributed by atoms with van der Waals surface area (Å²) in [6.07, 6.45) is 3.13. The molecule has 0 aliphatic rings. The minimum Gasteiger partial charge on any atom is -0.340 e. The van der Waals surface area contributed by atoms with Gasteiger partial charge in [-0.1, -0.05) is 29.4 Å². The Labute approximate surface area is 133 Å². The normalized spacial score (nSPS) is 11.9. The first-order chi connectivity index (χ1) is 11.1. The van der Waals surface area contributed by atoms with Crippen LogP contribution in [0.3, 0.4) is 0 Å². The smallest absolute Gasteiger partial charge is 0.253 e. The van der Waals surface area contributed by atoms with Gasteiger partial charge in [0.25, 0.3) is 5.91 Å². The highest BCUT2D eigenvalue weighted by molar-refractivity contribution is 5.93. The van der Waals surface area contributed by atoms with Crippen LogP contribution in [0.25, 0.3) is 11.4 Å². The van der Waals surface area contributed by atoms with Gasteiger partial charge in [-0.15, -0.1) is 0 Å². The molecule has 6 heteroatoms. The van der Waals surface area contributed by atoms with Crippen molar-refractivity contribution in [1.82, 2.24) is 20.4 Å². The Balaban J connectivity index is 1.75. The average molecular weight is 308 g/mol. The zero-order valence-electron chi connectivity index (χ0n) is 12.9. The summed E-state index contributed by atoms with van der Waals surface area (Å²) < 4.78 is 5.28. The molecule has 2 aromatic heterocycles. The van der Waals surface area contributed by atoms with Crippen LogP contribution in [-0.2, 0) is 0 Å². The van der Waals surface area contributed by atoms with Gasteiger partial charge >= 0.3 is 0 Å². The Morgan fingerprint density at radius 2 is 2.04 bits per heavy atom. The molecule has 0 aliphatic carbocycles. The topological polar surface area (TPSA) is 80.9 Å². The van der Waals surface area contributed by atoms with Gasteiger partial charge in [0.15, 0.2) is 0 Å². The van der Waals surface area contributed by atoms with Crippen LogP contribution < -0.4 is 5.32 Å². The maximum atomic E-state index is 12.1. The second kappa shape index (κ2) is 6.39. The van der Waals surface area contributed by atoms with E-state index in [1.807, 2.05) is 31.2 Å². The second-order valence-electron chi connectivity index (χ2n) is 5.21. The van der Waals surface area contributed by atoms with E-state index in [0.29, 0.717) is 17.3 Å². The number of hydrogen-bond donors (Lipinski definition) is 1. The minimum atomic E-state index is -0.395. The molecule has 0 unspecified atom stereocenters. The molecule has 2 heterocycles. The van der Waals surface area contributed by atoms with Gasteiger partial charge in [0.05, 0.1) is 5.56 Å². The summed E-state index contributed by atoms with van der Waals surface area (Å²) in [5.74, 6) is 0.641. The van der Waals surface area contributed by atoms with Crippen LogP contribution in [0.2, 0.25) is 0 Å². The van der Waals surface area contributed by atoms with Crippen LogP contribution in [0, 0.1) is 6.92 Å². The number of carbonyl (C=O) groups is 1. The third-order valence-electron chi connectivity index (χ3n) is 3.47. The third kappa shape index (κ3) is 3.26. The number of hydrogen-bond acceptors (Lipinski definition) is 5. The van der Waals surface area contributed by atoms with Crippen LogP contribution in [0.1, 0.15) is 34.8 Å². The number of rotatable bonds is 4. The fourth-order valence-electron chi connectivity index (χ4n) is 2.18. The van der Waals surface area contributed by atoms with Crippen molar-refractivity contribution in [3.8, 4) is 11.4 Å². The molecule has 0 aliphatic heterocycles. The van der Waals surface area contributed by atoms with Crippen LogP contribution >= 0.6 is 0 Å². The lowest BCUT2D eigenvalue weighted by atomic mass is 10.1. The van der Waals surface area contributed by atoms with E-state index >= 15 is 0 Å². The van der Waals surface area contributed by atoms with Crippen LogP contribution in [0.4, 0.5) is 0 Å². The van der Waals surface area contributed by atoms with Crippen molar-refractivity contribution in [2.75, 3.05) is 0 Å². The summed E-state index contributed by atoms with van der Waals surface area (Å²) in [7, 11) is 0. The molecule has 23 heavy (non-hydrogen) atoms. The van der Waals surface area contributed by atoms with Crippen LogP contribution in [-0.4, -0.2) is 21.0 Å². The van der Waals surface area contributed by atoms with E-state index < -0.39 is 6.04 Å². The number of aryl methyl sites for hydroxylation is 1. The Hall–Kier alpha value is -3.02. The van der Waals surface area contributed by atoms with Crippen LogP contribution in [0.5, 0.6) is 0 Å². The minimum absolute atomic E-state index is 0.235. The molecule has 1 aromatic carbocycles. The molecule has 1 amide bonds.